The molecule has 2 N–H and O–H groups in total. The van der Waals surface area contributed by atoms with E-state index in [9.17, 15) is 14.7 Å². The second-order valence-electron chi connectivity index (χ2n) is 10.9. The molecule has 1 aliphatic heterocycles. The van der Waals surface area contributed by atoms with Crippen molar-refractivity contribution in [3.8, 4) is 0 Å². The third kappa shape index (κ3) is 4.44. The lowest BCUT2D eigenvalue weighted by atomic mass is 9.53. The third-order valence-electron chi connectivity index (χ3n) is 8.67. The molecule has 35 heavy (non-hydrogen) atoms. The lowest BCUT2D eigenvalue weighted by molar-refractivity contribution is -0.144. The van der Waals surface area contributed by atoms with Gasteiger partial charge < -0.3 is 14.6 Å². The summed E-state index contributed by atoms with van der Waals surface area (Å²) < 4.78 is 1.79. The number of aryl methyl sites for hydroxylation is 1. The molecule has 3 heterocycles. The molecule has 0 bridgehead atoms. The quantitative estimate of drug-likeness (QED) is 0.642. The Morgan fingerprint density at radius 3 is 2.74 bits per heavy atom. The summed E-state index contributed by atoms with van der Waals surface area (Å²) in [4.78, 5) is 34.0. The monoisotopic (exact) mass is 516 g/mol. The first-order valence-electron chi connectivity index (χ1n) is 12.7. The molecule has 7 nitrogen and oxygen atoms in total. The van der Waals surface area contributed by atoms with Crippen molar-refractivity contribution in [2.24, 2.45) is 30.2 Å². The predicted octanol–water partition coefficient (Wildman–Crippen LogP) is 4.00. The lowest BCUT2D eigenvalue weighted by Gasteiger charge is -2.53. The SMILES string of the molecule is C[C@H](C(=O)N1CCSCC1)[C@@H]1CC[C@@]2(C)Cc3sc(NC(=O)c4cccn4C)nc3[C@@H](C)[C@@H]2[C@H]1O. The van der Waals surface area contributed by atoms with Gasteiger partial charge in [0.25, 0.3) is 5.91 Å². The minimum atomic E-state index is -0.543. The zero-order valence-corrected chi connectivity index (χ0v) is 22.6. The first-order chi connectivity index (χ1) is 16.7. The largest absolute Gasteiger partial charge is 0.392 e. The van der Waals surface area contributed by atoms with E-state index in [1.165, 1.54) is 4.88 Å². The first-order valence-corrected chi connectivity index (χ1v) is 14.6. The van der Waals surface area contributed by atoms with Gasteiger partial charge in [-0.15, -0.1) is 11.3 Å². The maximum absolute atomic E-state index is 13.2. The highest BCUT2D eigenvalue weighted by Gasteiger charge is 2.54. The second kappa shape index (κ2) is 9.56. The van der Waals surface area contributed by atoms with Crippen molar-refractivity contribution in [3.05, 3.63) is 34.6 Å². The van der Waals surface area contributed by atoms with Crippen LogP contribution < -0.4 is 5.32 Å². The van der Waals surface area contributed by atoms with Crippen LogP contribution in [0.25, 0.3) is 0 Å². The fraction of sp³-hybridized carbons (Fsp3) is 0.654. The van der Waals surface area contributed by atoms with Crippen molar-refractivity contribution >= 4 is 40.0 Å². The van der Waals surface area contributed by atoms with E-state index < -0.39 is 6.10 Å². The number of nitrogens with one attached hydrogen (secondary N) is 1. The lowest BCUT2D eigenvalue weighted by Crippen LogP contribution is -2.54. The van der Waals surface area contributed by atoms with Crippen LogP contribution >= 0.6 is 23.1 Å². The Kier molecular flexibility index (Phi) is 6.78. The minimum absolute atomic E-state index is 0.0331. The average molecular weight is 517 g/mol. The van der Waals surface area contributed by atoms with E-state index in [1.807, 2.05) is 42.9 Å². The second-order valence-corrected chi connectivity index (χ2v) is 13.2. The summed E-state index contributed by atoms with van der Waals surface area (Å²) in [5, 5.41) is 15.3. The summed E-state index contributed by atoms with van der Waals surface area (Å²) in [5.41, 5.74) is 1.54. The van der Waals surface area contributed by atoms with Crippen LogP contribution in [0.15, 0.2) is 18.3 Å². The summed E-state index contributed by atoms with van der Waals surface area (Å²) in [6.07, 6.45) is 4.01. The molecule has 0 unspecified atom stereocenters. The van der Waals surface area contributed by atoms with Gasteiger partial charge in [0.05, 0.1) is 11.8 Å². The summed E-state index contributed by atoms with van der Waals surface area (Å²) in [5.74, 6) is 1.92. The number of fused-ring (bicyclic) bond motifs is 2. The number of hydrogen-bond acceptors (Lipinski definition) is 6. The topological polar surface area (TPSA) is 87.5 Å². The molecule has 2 amide bonds. The molecule has 9 heteroatoms. The van der Waals surface area contributed by atoms with E-state index in [1.54, 1.807) is 22.0 Å². The smallest absolute Gasteiger partial charge is 0.274 e. The van der Waals surface area contributed by atoms with Gasteiger partial charge in [0.2, 0.25) is 5.91 Å². The van der Waals surface area contributed by atoms with Gasteiger partial charge in [-0.3, -0.25) is 14.9 Å². The molecule has 3 aliphatic rings. The Hall–Kier alpha value is -1.84. The van der Waals surface area contributed by atoms with Gasteiger partial charge in [0.1, 0.15) is 5.69 Å². The van der Waals surface area contributed by atoms with E-state index in [2.05, 4.69) is 19.2 Å². The highest BCUT2D eigenvalue weighted by molar-refractivity contribution is 7.99. The number of rotatable bonds is 4. The van der Waals surface area contributed by atoms with Crippen molar-refractivity contribution in [2.45, 2.75) is 52.1 Å². The molecule has 2 fully saturated rings. The molecule has 0 spiro atoms. The van der Waals surface area contributed by atoms with Gasteiger partial charge in [-0.2, -0.15) is 11.8 Å². The number of thioether (sulfide) groups is 1. The Balaban J connectivity index is 1.34. The molecule has 2 aromatic heterocycles. The van der Waals surface area contributed by atoms with Crippen molar-refractivity contribution in [1.82, 2.24) is 14.5 Å². The number of aliphatic hydroxyl groups excluding tert-OH is 1. The molecule has 2 aromatic rings. The van der Waals surface area contributed by atoms with E-state index in [-0.39, 0.29) is 40.9 Å². The van der Waals surface area contributed by atoms with Crippen LogP contribution in [0.2, 0.25) is 0 Å². The highest BCUT2D eigenvalue weighted by atomic mass is 32.2. The number of hydrogen-bond donors (Lipinski definition) is 2. The molecule has 1 saturated heterocycles. The van der Waals surface area contributed by atoms with Crippen molar-refractivity contribution in [3.63, 3.8) is 0 Å². The highest BCUT2D eigenvalue weighted by Crippen LogP contribution is 2.57. The number of carbonyl (C=O) groups is 2. The Labute approximate surface area is 215 Å². The summed E-state index contributed by atoms with van der Waals surface area (Å²) in [6, 6.07) is 3.64. The number of nitrogens with zero attached hydrogens (tertiary/aromatic N) is 3. The van der Waals surface area contributed by atoms with Crippen LogP contribution in [0.4, 0.5) is 5.13 Å². The molecule has 1 saturated carbocycles. The zero-order valence-electron chi connectivity index (χ0n) is 21.0. The molecule has 190 valence electrons. The Bertz CT molecular complexity index is 1110. The maximum Gasteiger partial charge on any atom is 0.274 e. The van der Waals surface area contributed by atoms with E-state index >= 15 is 0 Å². The summed E-state index contributed by atoms with van der Waals surface area (Å²) in [7, 11) is 1.85. The number of aromatic nitrogens is 2. The van der Waals surface area contributed by atoms with Crippen LogP contribution in [-0.2, 0) is 18.3 Å². The number of amides is 2. The van der Waals surface area contributed by atoms with Crippen molar-refractivity contribution in [1.29, 1.82) is 0 Å². The molecular weight excluding hydrogens is 480 g/mol. The fourth-order valence-corrected chi connectivity index (χ4v) is 8.88. The van der Waals surface area contributed by atoms with Gasteiger partial charge in [0.15, 0.2) is 5.13 Å². The fourth-order valence-electron chi connectivity index (χ4n) is 6.71. The van der Waals surface area contributed by atoms with Crippen molar-refractivity contribution in [2.75, 3.05) is 29.9 Å². The predicted molar refractivity (Wildman–Crippen MR) is 141 cm³/mol. The summed E-state index contributed by atoms with van der Waals surface area (Å²) in [6.45, 7) is 8.08. The molecule has 2 aliphatic carbocycles. The van der Waals surface area contributed by atoms with Crippen LogP contribution in [0.1, 0.15) is 60.6 Å². The average Bonchev–Trinajstić information content (AvgIpc) is 3.44. The normalized spacial score (nSPS) is 31.4. The van der Waals surface area contributed by atoms with E-state index in [0.29, 0.717) is 10.8 Å². The van der Waals surface area contributed by atoms with Gasteiger partial charge in [-0.05, 0) is 48.6 Å². The van der Waals surface area contributed by atoms with Gasteiger partial charge >= 0.3 is 0 Å². The van der Waals surface area contributed by atoms with Gasteiger partial charge in [-0.1, -0.05) is 20.8 Å². The van der Waals surface area contributed by atoms with E-state index in [4.69, 9.17) is 4.98 Å². The first kappa shape index (κ1) is 24.8. The third-order valence-corrected chi connectivity index (χ3v) is 10.6. The summed E-state index contributed by atoms with van der Waals surface area (Å²) >= 11 is 3.46. The number of anilines is 1. The molecule has 6 atom stereocenters. The Morgan fingerprint density at radius 2 is 2.06 bits per heavy atom. The molecule has 0 radical (unpaired) electrons. The van der Waals surface area contributed by atoms with Crippen LogP contribution in [0, 0.1) is 23.2 Å². The Morgan fingerprint density at radius 1 is 1.31 bits per heavy atom. The van der Waals surface area contributed by atoms with E-state index in [0.717, 1.165) is 49.6 Å². The molecular formula is C26H36N4O3S2. The standard InChI is InChI=1S/C26H36N4O3S2/c1-15(24(33)30-10-12-34-13-11-30)17-7-8-26(3)14-19-21(16(2)20(26)22(17)31)27-25(35-19)28-23(32)18-6-5-9-29(18)4/h5-6,9,15-17,20,22,31H,7-8,10-14H2,1-4H3,(H,27,28,32)/t15-,16-,17-,20+,22-,26-/m0/s1. The maximum atomic E-state index is 13.2. The molecule has 5 rings (SSSR count). The zero-order chi connectivity index (χ0) is 24.9. The van der Waals surface area contributed by atoms with Gasteiger partial charge in [0, 0.05) is 54.6 Å². The van der Waals surface area contributed by atoms with Crippen LogP contribution in [0.3, 0.4) is 0 Å². The number of aliphatic hydroxyl groups is 1. The van der Waals surface area contributed by atoms with Gasteiger partial charge in [-0.25, -0.2) is 4.98 Å². The number of carbonyl (C=O) groups excluding carboxylic acids is 2. The number of thiazole rings is 1. The van der Waals surface area contributed by atoms with Crippen LogP contribution in [-0.4, -0.2) is 62.1 Å². The van der Waals surface area contributed by atoms with Crippen molar-refractivity contribution < 1.29 is 14.7 Å². The van der Waals surface area contributed by atoms with Crippen LogP contribution in [0.5, 0.6) is 0 Å². The minimum Gasteiger partial charge on any atom is -0.392 e. The molecule has 0 aromatic carbocycles.